The first kappa shape index (κ1) is 16.8. The Labute approximate surface area is 158 Å². The van der Waals surface area contributed by atoms with Crippen LogP contribution in [0.5, 0.6) is 0 Å². The number of hydrogen-bond acceptors (Lipinski definition) is 2. The van der Waals surface area contributed by atoms with E-state index < -0.39 is 0 Å². The molecule has 1 saturated carbocycles. The van der Waals surface area contributed by atoms with Gasteiger partial charge in [0.1, 0.15) is 0 Å². The standard InChI is InChI=1S/C22H19ClN2O/c1-14-5-8-19(13-20(14)16-3-2-4-18(23)11-16)25-22(26)17-9-10-24-21(12-17)15-6-7-15/h2-5,8-13,15H,6-7H2,1H3,(H,25,26). The Hall–Kier alpha value is -2.65. The smallest absolute Gasteiger partial charge is 0.255 e. The number of carbonyl (C=O) groups is 1. The molecule has 0 unspecified atom stereocenters. The van der Waals surface area contributed by atoms with Crippen molar-refractivity contribution in [1.29, 1.82) is 0 Å². The third-order valence-corrected chi connectivity index (χ3v) is 4.91. The van der Waals surface area contributed by atoms with Gasteiger partial charge in [0.15, 0.2) is 0 Å². The van der Waals surface area contributed by atoms with Gasteiger partial charge in [0.05, 0.1) is 0 Å². The van der Waals surface area contributed by atoms with Gasteiger partial charge in [-0.15, -0.1) is 0 Å². The summed E-state index contributed by atoms with van der Waals surface area (Å²) >= 11 is 6.12. The summed E-state index contributed by atoms with van der Waals surface area (Å²) in [6.45, 7) is 2.05. The fraction of sp³-hybridized carbons (Fsp3) is 0.182. The summed E-state index contributed by atoms with van der Waals surface area (Å²) in [6, 6.07) is 17.3. The number of anilines is 1. The van der Waals surface area contributed by atoms with Gasteiger partial charge in [0.25, 0.3) is 5.91 Å². The second-order valence-electron chi connectivity index (χ2n) is 6.74. The molecule has 1 aliphatic carbocycles. The van der Waals surface area contributed by atoms with Crippen LogP contribution in [0.2, 0.25) is 5.02 Å². The minimum absolute atomic E-state index is 0.116. The maximum Gasteiger partial charge on any atom is 0.255 e. The fourth-order valence-electron chi connectivity index (χ4n) is 3.06. The number of amides is 1. The molecule has 1 heterocycles. The van der Waals surface area contributed by atoms with Crippen molar-refractivity contribution >= 4 is 23.2 Å². The molecule has 1 fully saturated rings. The van der Waals surface area contributed by atoms with Gasteiger partial charge in [-0.05, 0) is 72.9 Å². The van der Waals surface area contributed by atoms with Gasteiger partial charge in [0, 0.05) is 34.1 Å². The van der Waals surface area contributed by atoms with Crippen LogP contribution in [-0.2, 0) is 0 Å². The van der Waals surface area contributed by atoms with E-state index in [0.717, 1.165) is 28.1 Å². The van der Waals surface area contributed by atoms with Crippen molar-refractivity contribution < 1.29 is 4.79 Å². The molecule has 0 saturated heterocycles. The number of nitrogens with zero attached hydrogens (tertiary/aromatic N) is 1. The van der Waals surface area contributed by atoms with Crippen molar-refractivity contribution in [3.63, 3.8) is 0 Å². The summed E-state index contributed by atoms with van der Waals surface area (Å²) in [6.07, 6.45) is 4.05. The first-order valence-corrected chi connectivity index (χ1v) is 9.12. The highest BCUT2D eigenvalue weighted by atomic mass is 35.5. The lowest BCUT2D eigenvalue weighted by Crippen LogP contribution is -2.12. The van der Waals surface area contributed by atoms with E-state index in [4.69, 9.17) is 11.6 Å². The maximum absolute atomic E-state index is 12.6. The van der Waals surface area contributed by atoms with Crippen LogP contribution < -0.4 is 5.32 Å². The molecule has 1 aromatic heterocycles. The maximum atomic E-state index is 12.6. The van der Waals surface area contributed by atoms with Crippen molar-refractivity contribution in [2.75, 3.05) is 5.32 Å². The van der Waals surface area contributed by atoms with Crippen molar-refractivity contribution in [2.24, 2.45) is 0 Å². The molecule has 1 aliphatic rings. The molecule has 4 heteroatoms. The van der Waals surface area contributed by atoms with Gasteiger partial charge in [-0.3, -0.25) is 9.78 Å². The van der Waals surface area contributed by atoms with Crippen LogP contribution in [0.15, 0.2) is 60.8 Å². The Morgan fingerprint density at radius 2 is 1.96 bits per heavy atom. The van der Waals surface area contributed by atoms with E-state index >= 15 is 0 Å². The highest BCUT2D eigenvalue weighted by Crippen LogP contribution is 2.39. The molecular weight excluding hydrogens is 344 g/mol. The lowest BCUT2D eigenvalue weighted by molar-refractivity contribution is 0.102. The SMILES string of the molecule is Cc1ccc(NC(=O)c2ccnc(C3CC3)c2)cc1-c1cccc(Cl)c1. The number of halogens is 1. The summed E-state index contributed by atoms with van der Waals surface area (Å²) in [7, 11) is 0. The van der Waals surface area contributed by atoms with Crippen molar-refractivity contribution in [1.82, 2.24) is 4.98 Å². The summed E-state index contributed by atoms with van der Waals surface area (Å²) in [5.74, 6) is 0.409. The molecule has 0 bridgehead atoms. The van der Waals surface area contributed by atoms with Crippen LogP contribution in [0.1, 0.15) is 40.4 Å². The largest absolute Gasteiger partial charge is 0.322 e. The minimum atomic E-state index is -0.116. The van der Waals surface area contributed by atoms with Crippen LogP contribution >= 0.6 is 11.6 Å². The summed E-state index contributed by atoms with van der Waals surface area (Å²) in [5.41, 5.74) is 5.64. The van der Waals surface area contributed by atoms with Gasteiger partial charge in [-0.25, -0.2) is 0 Å². The quantitative estimate of drug-likeness (QED) is 0.633. The highest BCUT2D eigenvalue weighted by Gasteiger charge is 2.25. The first-order valence-electron chi connectivity index (χ1n) is 8.74. The molecular formula is C22H19ClN2O. The second kappa shape index (κ2) is 6.93. The van der Waals surface area contributed by atoms with Crippen molar-refractivity contribution in [3.8, 4) is 11.1 Å². The van der Waals surface area contributed by atoms with Crippen LogP contribution in [-0.4, -0.2) is 10.9 Å². The van der Waals surface area contributed by atoms with E-state index in [1.807, 2.05) is 55.5 Å². The molecule has 130 valence electrons. The molecule has 3 nitrogen and oxygen atoms in total. The van der Waals surface area contributed by atoms with E-state index in [9.17, 15) is 4.79 Å². The normalized spacial score (nSPS) is 13.5. The Morgan fingerprint density at radius 3 is 2.73 bits per heavy atom. The number of hydrogen-bond donors (Lipinski definition) is 1. The molecule has 0 aliphatic heterocycles. The number of aryl methyl sites for hydroxylation is 1. The molecule has 2 aromatic carbocycles. The van der Waals surface area contributed by atoms with E-state index in [1.165, 1.54) is 12.8 Å². The zero-order valence-electron chi connectivity index (χ0n) is 14.5. The Bertz CT molecular complexity index is 979. The number of aromatic nitrogens is 1. The third-order valence-electron chi connectivity index (χ3n) is 4.67. The van der Waals surface area contributed by atoms with Crippen molar-refractivity contribution in [3.05, 3.63) is 82.6 Å². The Balaban J connectivity index is 1.59. The van der Waals surface area contributed by atoms with Crippen LogP contribution in [0.4, 0.5) is 5.69 Å². The zero-order valence-corrected chi connectivity index (χ0v) is 15.3. The van der Waals surface area contributed by atoms with Gasteiger partial charge < -0.3 is 5.32 Å². The molecule has 3 aromatic rings. The van der Waals surface area contributed by atoms with Crippen molar-refractivity contribution in [2.45, 2.75) is 25.7 Å². The minimum Gasteiger partial charge on any atom is -0.322 e. The number of pyridine rings is 1. The van der Waals surface area contributed by atoms with Crippen LogP contribution in [0.3, 0.4) is 0 Å². The molecule has 1 amide bonds. The summed E-state index contributed by atoms with van der Waals surface area (Å²) in [4.78, 5) is 17.0. The monoisotopic (exact) mass is 362 g/mol. The lowest BCUT2D eigenvalue weighted by atomic mass is 10.00. The summed E-state index contributed by atoms with van der Waals surface area (Å²) < 4.78 is 0. The highest BCUT2D eigenvalue weighted by molar-refractivity contribution is 6.30. The number of nitrogens with one attached hydrogen (secondary N) is 1. The van der Waals surface area contributed by atoms with E-state index in [2.05, 4.69) is 10.3 Å². The van der Waals surface area contributed by atoms with Gasteiger partial charge in [-0.2, -0.15) is 0 Å². The lowest BCUT2D eigenvalue weighted by Gasteiger charge is -2.11. The molecule has 0 spiro atoms. The molecule has 26 heavy (non-hydrogen) atoms. The molecule has 1 N–H and O–H groups in total. The average Bonchev–Trinajstić information content (AvgIpc) is 3.48. The second-order valence-corrected chi connectivity index (χ2v) is 7.17. The third kappa shape index (κ3) is 3.63. The first-order chi connectivity index (χ1) is 12.6. The molecule has 0 atom stereocenters. The van der Waals surface area contributed by atoms with Gasteiger partial charge in [-0.1, -0.05) is 29.8 Å². The number of benzene rings is 2. The molecule has 0 radical (unpaired) electrons. The topological polar surface area (TPSA) is 42.0 Å². The predicted molar refractivity (Wildman–Crippen MR) is 106 cm³/mol. The predicted octanol–water partition coefficient (Wildman–Crippen LogP) is 5.84. The van der Waals surface area contributed by atoms with Gasteiger partial charge >= 0.3 is 0 Å². The van der Waals surface area contributed by atoms with E-state index in [0.29, 0.717) is 16.5 Å². The Morgan fingerprint density at radius 1 is 1.12 bits per heavy atom. The average molecular weight is 363 g/mol. The zero-order chi connectivity index (χ0) is 18.1. The Kier molecular flexibility index (Phi) is 4.48. The van der Waals surface area contributed by atoms with Crippen LogP contribution in [0.25, 0.3) is 11.1 Å². The fourth-order valence-corrected chi connectivity index (χ4v) is 3.25. The summed E-state index contributed by atoms with van der Waals surface area (Å²) in [5, 5.41) is 3.69. The number of rotatable bonds is 4. The van der Waals surface area contributed by atoms with E-state index in [-0.39, 0.29) is 5.91 Å². The molecule has 4 rings (SSSR count). The van der Waals surface area contributed by atoms with E-state index in [1.54, 1.807) is 12.3 Å². The van der Waals surface area contributed by atoms with Crippen LogP contribution in [0, 0.1) is 6.92 Å². The van der Waals surface area contributed by atoms with Gasteiger partial charge in [0.2, 0.25) is 0 Å². The number of carbonyl (C=O) groups excluding carboxylic acids is 1.